The van der Waals surface area contributed by atoms with Gasteiger partial charge in [0.2, 0.25) is 0 Å². The second-order valence-electron chi connectivity index (χ2n) is 4.57. The zero-order valence-electron chi connectivity index (χ0n) is 10.6. The maximum atomic E-state index is 3.39. The molecule has 90 valence electrons. The van der Waals surface area contributed by atoms with Gasteiger partial charge in [-0.3, -0.25) is 0 Å². The number of hydrogen-bond donors (Lipinski definition) is 2. The molecule has 0 saturated carbocycles. The molecule has 0 radical (unpaired) electrons. The minimum absolute atomic E-state index is 0.174. The zero-order chi connectivity index (χ0) is 12.0. The summed E-state index contributed by atoms with van der Waals surface area (Å²) in [6.07, 6.45) is 2.11. The zero-order valence-corrected chi connectivity index (χ0v) is 11.4. The lowest BCUT2D eigenvalue weighted by molar-refractivity contribution is 0.460. The Morgan fingerprint density at radius 3 is 2.31 bits per heavy atom. The largest absolute Gasteiger partial charge is 0.308 e. The van der Waals surface area contributed by atoms with Crippen molar-refractivity contribution in [1.29, 1.82) is 0 Å². The fourth-order valence-electron chi connectivity index (χ4n) is 1.64. The monoisotopic (exact) mass is 238 g/mol. The Bertz CT molecular complexity index is 306. The Labute approximate surface area is 103 Å². The van der Waals surface area contributed by atoms with Crippen LogP contribution in [0.2, 0.25) is 0 Å². The molecule has 0 aliphatic carbocycles. The Morgan fingerprint density at radius 1 is 1.19 bits per heavy atom. The van der Waals surface area contributed by atoms with E-state index in [-0.39, 0.29) is 5.41 Å². The van der Waals surface area contributed by atoms with Crippen LogP contribution in [0.15, 0.2) is 29.2 Å². The molecule has 0 aliphatic rings. The standard InChI is InChI=1S/C13H22N2S/c1-13(2,9-15-10-14-3)11-5-7-12(16-4)8-6-11/h5-8,14-15H,9-10H2,1-4H3. The van der Waals surface area contributed by atoms with Gasteiger partial charge in [0, 0.05) is 23.5 Å². The number of thioether (sulfide) groups is 1. The van der Waals surface area contributed by atoms with Gasteiger partial charge in [-0.05, 0) is 31.0 Å². The van der Waals surface area contributed by atoms with Crippen molar-refractivity contribution >= 4 is 11.8 Å². The summed E-state index contributed by atoms with van der Waals surface area (Å²) in [6.45, 7) is 6.37. The summed E-state index contributed by atoms with van der Waals surface area (Å²) in [4.78, 5) is 1.32. The molecule has 0 fully saturated rings. The van der Waals surface area contributed by atoms with E-state index in [1.54, 1.807) is 11.8 Å². The Kier molecular flexibility index (Phi) is 5.32. The summed E-state index contributed by atoms with van der Waals surface area (Å²) < 4.78 is 0. The van der Waals surface area contributed by atoms with Gasteiger partial charge in [0.1, 0.15) is 0 Å². The quantitative estimate of drug-likeness (QED) is 0.452. The molecule has 3 heteroatoms. The van der Waals surface area contributed by atoms with E-state index in [0.29, 0.717) is 0 Å². The molecule has 2 nitrogen and oxygen atoms in total. The lowest BCUT2D eigenvalue weighted by Crippen LogP contribution is -2.37. The maximum absolute atomic E-state index is 3.39. The molecule has 0 heterocycles. The van der Waals surface area contributed by atoms with Crippen LogP contribution >= 0.6 is 11.8 Å². The van der Waals surface area contributed by atoms with Gasteiger partial charge in [-0.15, -0.1) is 11.8 Å². The first-order valence-electron chi connectivity index (χ1n) is 5.60. The lowest BCUT2D eigenvalue weighted by atomic mass is 9.85. The van der Waals surface area contributed by atoms with Crippen LogP contribution in [-0.2, 0) is 5.41 Å². The molecule has 1 rings (SSSR count). The van der Waals surface area contributed by atoms with Crippen LogP contribution in [0.4, 0.5) is 0 Å². The number of hydrogen-bond acceptors (Lipinski definition) is 3. The van der Waals surface area contributed by atoms with Gasteiger partial charge in [-0.2, -0.15) is 0 Å². The summed E-state index contributed by atoms with van der Waals surface area (Å²) in [6, 6.07) is 8.85. The van der Waals surface area contributed by atoms with Crippen LogP contribution in [-0.4, -0.2) is 26.5 Å². The maximum Gasteiger partial charge on any atom is 0.0452 e. The highest BCUT2D eigenvalue weighted by Gasteiger charge is 2.19. The molecule has 1 aromatic carbocycles. The van der Waals surface area contributed by atoms with E-state index >= 15 is 0 Å². The Morgan fingerprint density at radius 2 is 1.81 bits per heavy atom. The molecular weight excluding hydrogens is 216 g/mol. The molecule has 0 bridgehead atoms. The molecule has 16 heavy (non-hydrogen) atoms. The molecule has 0 aromatic heterocycles. The van der Waals surface area contributed by atoms with Crippen LogP contribution in [0.1, 0.15) is 19.4 Å². The highest BCUT2D eigenvalue weighted by atomic mass is 32.2. The molecule has 0 spiro atoms. The smallest absolute Gasteiger partial charge is 0.0452 e. The van der Waals surface area contributed by atoms with Crippen molar-refractivity contribution < 1.29 is 0 Å². The summed E-state index contributed by atoms with van der Waals surface area (Å²) in [5.41, 5.74) is 1.56. The van der Waals surface area contributed by atoms with Crippen molar-refractivity contribution in [2.24, 2.45) is 0 Å². The average Bonchev–Trinajstić information content (AvgIpc) is 2.29. The van der Waals surface area contributed by atoms with Crippen molar-refractivity contribution in [1.82, 2.24) is 10.6 Å². The third-order valence-corrected chi connectivity index (χ3v) is 3.48. The molecular formula is C13H22N2S. The molecule has 1 aromatic rings. The van der Waals surface area contributed by atoms with Gasteiger partial charge < -0.3 is 10.6 Å². The minimum Gasteiger partial charge on any atom is -0.308 e. The van der Waals surface area contributed by atoms with Crippen LogP contribution in [0, 0.1) is 0 Å². The van der Waals surface area contributed by atoms with E-state index in [1.165, 1.54) is 10.5 Å². The van der Waals surface area contributed by atoms with Gasteiger partial charge >= 0.3 is 0 Å². The van der Waals surface area contributed by atoms with Crippen molar-refractivity contribution in [2.75, 3.05) is 26.5 Å². The Balaban J connectivity index is 2.65. The van der Waals surface area contributed by atoms with Crippen molar-refractivity contribution in [3.63, 3.8) is 0 Å². The van der Waals surface area contributed by atoms with Gasteiger partial charge in [-0.1, -0.05) is 26.0 Å². The fraction of sp³-hybridized carbons (Fsp3) is 0.538. The molecule has 2 N–H and O–H groups in total. The fourth-order valence-corrected chi connectivity index (χ4v) is 2.05. The lowest BCUT2D eigenvalue weighted by Gasteiger charge is -2.26. The topological polar surface area (TPSA) is 24.1 Å². The molecule has 0 atom stereocenters. The average molecular weight is 238 g/mol. The highest BCUT2D eigenvalue weighted by Crippen LogP contribution is 2.24. The summed E-state index contributed by atoms with van der Waals surface area (Å²) in [5.74, 6) is 0. The van der Waals surface area contributed by atoms with Gasteiger partial charge in [0.15, 0.2) is 0 Å². The second kappa shape index (κ2) is 6.28. The van der Waals surface area contributed by atoms with Crippen molar-refractivity contribution in [3.05, 3.63) is 29.8 Å². The van der Waals surface area contributed by atoms with Crippen molar-refractivity contribution in [3.8, 4) is 0 Å². The third kappa shape index (κ3) is 3.81. The van der Waals surface area contributed by atoms with E-state index in [1.807, 2.05) is 7.05 Å². The van der Waals surface area contributed by atoms with E-state index in [4.69, 9.17) is 0 Å². The van der Waals surface area contributed by atoms with Crippen LogP contribution in [0.3, 0.4) is 0 Å². The summed E-state index contributed by atoms with van der Waals surface area (Å²) in [7, 11) is 1.95. The van der Waals surface area contributed by atoms with E-state index < -0.39 is 0 Å². The van der Waals surface area contributed by atoms with Gasteiger partial charge in [0.05, 0.1) is 0 Å². The van der Waals surface area contributed by atoms with Crippen LogP contribution < -0.4 is 10.6 Å². The predicted molar refractivity (Wildman–Crippen MR) is 73.2 cm³/mol. The summed E-state index contributed by atoms with van der Waals surface area (Å²) >= 11 is 1.78. The first-order chi connectivity index (χ1) is 7.60. The number of nitrogens with one attached hydrogen (secondary N) is 2. The van der Waals surface area contributed by atoms with E-state index in [9.17, 15) is 0 Å². The first-order valence-corrected chi connectivity index (χ1v) is 6.82. The van der Waals surface area contributed by atoms with Crippen molar-refractivity contribution in [2.45, 2.75) is 24.2 Å². The summed E-state index contributed by atoms with van der Waals surface area (Å²) in [5, 5.41) is 6.48. The van der Waals surface area contributed by atoms with E-state index in [0.717, 1.165) is 13.2 Å². The number of rotatable bonds is 6. The Hall–Kier alpha value is -0.510. The SMILES string of the molecule is CNCNCC(C)(C)c1ccc(SC)cc1. The minimum atomic E-state index is 0.174. The van der Waals surface area contributed by atoms with Gasteiger partial charge in [-0.25, -0.2) is 0 Å². The molecule has 0 saturated heterocycles. The van der Waals surface area contributed by atoms with Crippen LogP contribution in [0.5, 0.6) is 0 Å². The number of benzene rings is 1. The van der Waals surface area contributed by atoms with E-state index in [2.05, 4.69) is 55.0 Å². The molecule has 0 amide bonds. The predicted octanol–water partition coefficient (Wildman–Crippen LogP) is 2.45. The molecule has 0 unspecified atom stereocenters. The first kappa shape index (κ1) is 13.6. The second-order valence-corrected chi connectivity index (χ2v) is 5.45. The van der Waals surface area contributed by atoms with Crippen LogP contribution in [0.25, 0.3) is 0 Å². The normalized spacial score (nSPS) is 11.8. The third-order valence-electron chi connectivity index (χ3n) is 2.74. The van der Waals surface area contributed by atoms with Gasteiger partial charge in [0.25, 0.3) is 0 Å². The molecule has 0 aliphatic heterocycles. The highest BCUT2D eigenvalue weighted by molar-refractivity contribution is 7.98.